The average Bonchev–Trinajstić information content (AvgIpc) is 2.89. The van der Waals surface area contributed by atoms with Crippen molar-refractivity contribution < 1.29 is 15.3 Å². The first-order valence-electron chi connectivity index (χ1n) is 13.5. The zero-order valence-electron chi connectivity index (χ0n) is 23.5. The lowest BCUT2D eigenvalue weighted by Gasteiger charge is -2.37. The fourth-order valence-corrected chi connectivity index (χ4v) is 5.95. The maximum absolute atomic E-state index is 10.6. The molecule has 198 valence electrons. The summed E-state index contributed by atoms with van der Waals surface area (Å²) in [5.41, 5.74) is 9.94. The summed E-state index contributed by atoms with van der Waals surface area (Å²) in [6.45, 7) is 11.8. The Morgan fingerprint density at radius 3 is 1.18 bits per heavy atom. The second-order valence-electron chi connectivity index (χ2n) is 11.1. The lowest BCUT2D eigenvalue weighted by Crippen LogP contribution is -2.30. The molecule has 0 saturated heterocycles. The van der Waals surface area contributed by atoms with Crippen LogP contribution in [0.1, 0.15) is 68.5 Å². The maximum Gasteiger partial charge on any atom is 0.121 e. The molecule has 38 heavy (non-hydrogen) atoms. The molecule has 3 nitrogen and oxygen atoms in total. The van der Waals surface area contributed by atoms with E-state index in [1.54, 1.807) is 0 Å². The molecule has 0 aliphatic heterocycles. The molecule has 0 bridgehead atoms. The van der Waals surface area contributed by atoms with Gasteiger partial charge in [-0.15, -0.1) is 0 Å². The summed E-state index contributed by atoms with van der Waals surface area (Å²) in [6.07, 6.45) is 3.45. The molecule has 0 heterocycles. The standard InChI is InChI=1S/C35H40O3/c1-22-16-28(17-23(2)32(22)36)12-14-35(30-10-8-7-9-11-30,31-20-26(5)34(38)27(6)21-31)15-13-29-18-24(3)33(37)25(4)19-29/h7-11,16-21,36-38H,12-15H2,1-6H3. The van der Waals surface area contributed by atoms with Crippen LogP contribution in [0.15, 0.2) is 66.7 Å². The molecule has 4 aromatic carbocycles. The van der Waals surface area contributed by atoms with Crippen LogP contribution in [-0.4, -0.2) is 15.3 Å². The number of rotatable bonds is 8. The normalized spacial score (nSPS) is 11.6. The highest BCUT2D eigenvalue weighted by molar-refractivity contribution is 5.50. The molecule has 0 amide bonds. The average molecular weight is 509 g/mol. The molecule has 4 rings (SSSR count). The third-order valence-corrected chi connectivity index (χ3v) is 8.15. The minimum absolute atomic E-state index is 0.302. The summed E-state index contributed by atoms with van der Waals surface area (Å²) in [7, 11) is 0. The van der Waals surface area contributed by atoms with E-state index in [0.29, 0.717) is 17.2 Å². The second-order valence-corrected chi connectivity index (χ2v) is 11.1. The minimum atomic E-state index is -0.302. The van der Waals surface area contributed by atoms with Crippen LogP contribution in [0.2, 0.25) is 0 Å². The molecule has 0 unspecified atom stereocenters. The Labute approximate surface area is 227 Å². The molecule has 0 radical (unpaired) electrons. The van der Waals surface area contributed by atoms with Crippen molar-refractivity contribution in [1.29, 1.82) is 0 Å². The molecule has 0 spiro atoms. The summed E-state index contributed by atoms with van der Waals surface area (Å²) in [4.78, 5) is 0. The third kappa shape index (κ3) is 5.43. The summed E-state index contributed by atoms with van der Waals surface area (Å²) < 4.78 is 0. The molecular weight excluding hydrogens is 468 g/mol. The Kier molecular flexibility index (Phi) is 7.87. The highest BCUT2D eigenvalue weighted by atomic mass is 16.3. The van der Waals surface area contributed by atoms with Crippen molar-refractivity contribution in [2.24, 2.45) is 0 Å². The van der Waals surface area contributed by atoms with E-state index in [2.05, 4.69) is 66.7 Å². The highest BCUT2D eigenvalue weighted by Gasteiger charge is 2.34. The van der Waals surface area contributed by atoms with Gasteiger partial charge in [-0.1, -0.05) is 66.7 Å². The van der Waals surface area contributed by atoms with Crippen LogP contribution < -0.4 is 0 Å². The van der Waals surface area contributed by atoms with E-state index < -0.39 is 0 Å². The summed E-state index contributed by atoms with van der Waals surface area (Å²) in [6, 6.07) is 23.4. The van der Waals surface area contributed by atoms with Gasteiger partial charge in [-0.2, -0.15) is 0 Å². The smallest absolute Gasteiger partial charge is 0.121 e. The highest BCUT2D eigenvalue weighted by Crippen LogP contribution is 2.43. The van der Waals surface area contributed by atoms with Gasteiger partial charge in [-0.3, -0.25) is 0 Å². The Morgan fingerprint density at radius 2 is 0.816 bits per heavy atom. The van der Waals surface area contributed by atoms with E-state index in [4.69, 9.17) is 0 Å². The van der Waals surface area contributed by atoms with Gasteiger partial charge in [0.15, 0.2) is 0 Å². The molecular formula is C35H40O3. The second kappa shape index (κ2) is 10.9. The van der Waals surface area contributed by atoms with Crippen LogP contribution >= 0.6 is 0 Å². The predicted octanol–water partition coefficient (Wildman–Crippen LogP) is 8.21. The third-order valence-electron chi connectivity index (χ3n) is 8.15. The molecule has 4 aromatic rings. The summed E-state index contributed by atoms with van der Waals surface area (Å²) >= 11 is 0. The van der Waals surface area contributed by atoms with Gasteiger partial charge in [-0.05, 0) is 123 Å². The van der Waals surface area contributed by atoms with Gasteiger partial charge < -0.3 is 15.3 Å². The lowest BCUT2D eigenvalue weighted by molar-refractivity contribution is 0.430. The largest absolute Gasteiger partial charge is 0.507 e. The molecule has 0 aliphatic carbocycles. The molecule has 0 aliphatic rings. The van der Waals surface area contributed by atoms with Crippen LogP contribution in [0.3, 0.4) is 0 Å². The number of aromatic hydroxyl groups is 3. The van der Waals surface area contributed by atoms with Crippen LogP contribution in [-0.2, 0) is 18.3 Å². The van der Waals surface area contributed by atoms with Crippen molar-refractivity contribution in [3.63, 3.8) is 0 Å². The quantitative estimate of drug-likeness (QED) is 0.225. The zero-order valence-corrected chi connectivity index (χ0v) is 23.5. The van der Waals surface area contributed by atoms with Gasteiger partial charge in [0.1, 0.15) is 17.2 Å². The van der Waals surface area contributed by atoms with Crippen molar-refractivity contribution in [1.82, 2.24) is 0 Å². The van der Waals surface area contributed by atoms with E-state index in [0.717, 1.165) is 59.1 Å². The predicted molar refractivity (Wildman–Crippen MR) is 157 cm³/mol. The zero-order chi connectivity index (χ0) is 27.6. The van der Waals surface area contributed by atoms with Gasteiger partial charge >= 0.3 is 0 Å². The fraction of sp³-hybridized carbons (Fsp3) is 0.314. The fourth-order valence-electron chi connectivity index (χ4n) is 5.95. The lowest BCUT2D eigenvalue weighted by atomic mass is 9.67. The Morgan fingerprint density at radius 1 is 0.474 bits per heavy atom. The van der Waals surface area contributed by atoms with Crippen molar-refractivity contribution in [2.75, 3.05) is 0 Å². The number of phenols is 3. The van der Waals surface area contributed by atoms with Gasteiger partial charge in [0, 0.05) is 5.41 Å². The number of aryl methyl sites for hydroxylation is 8. The topological polar surface area (TPSA) is 60.7 Å². The Balaban J connectivity index is 1.85. The van der Waals surface area contributed by atoms with Crippen molar-refractivity contribution in [2.45, 2.75) is 72.6 Å². The first kappa shape index (κ1) is 27.3. The van der Waals surface area contributed by atoms with Gasteiger partial charge in [-0.25, -0.2) is 0 Å². The van der Waals surface area contributed by atoms with E-state index >= 15 is 0 Å². The minimum Gasteiger partial charge on any atom is -0.507 e. The first-order valence-corrected chi connectivity index (χ1v) is 13.5. The summed E-state index contributed by atoms with van der Waals surface area (Å²) in [5.74, 6) is 1.09. The molecule has 3 N–H and O–H groups in total. The van der Waals surface area contributed by atoms with Crippen LogP contribution in [0, 0.1) is 41.5 Å². The van der Waals surface area contributed by atoms with Crippen LogP contribution in [0.5, 0.6) is 17.2 Å². The van der Waals surface area contributed by atoms with Gasteiger partial charge in [0.05, 0.1) is 0 Å². The van der Waals surface area contributed by atoms with Crippen LogP contribution in [0.25, 0.3) is 0 Å². The molecule has 0 atom stereocenters. The Bertz CT molecular complexity index is 1320. The molecule has 0 aromatic heterocycles. The Hall–Kier alpha value is -3.72. The first-order chi connectivity index (χ1) is 18.0. The molecule has 3 heteroatoms. The van der Waals surface area contributed by atoms with Gasteiger partial charge in [0.2, 0.25) is 0 Å². The SMILES string of the molecule is Cc1cc(CCC(CCc2cc(C)c(O)c(C)c2)(c2ccccc2)c2cc(C)c(O)c(C)c2)cc(C)c1O. The van der Waals surface area contributed by atoms with E-state index in [1.165, 1.54) is 22.3 Å². The van der Waals surface area contributed by atoms with E-state index in [-0.39, 0.29) is 5.41 Å². The van der Waals surface area contributed by atoms with Crippen molar-refractivity contribution in [3.8, 4) is 17.2 Å². The van der Waals surface area contributed by atoms with Crippen molar-refractivity contribution in [3.05, 3.63) is 122 Å². The summed E-state index contributed by atoms with van der Waals surface area (Å²) in [5, 5.41) is 31.3. The monoisotopic (exact) mass is 508 g/mol. The van der Waals surface area contributed by atoms with Gasteiger partial charge in [0.25, 0.3) is 0 Å². The number of hydrogen-bond donors (Lipinski definition) is 3. The van der Waals surface area contributed by atoms with E-state index in [1.807, 2.05) is 41.5 Å². The van der Waals surface area contributed by atoms with E-state index in [9.17, 15) is 15.3 Å². The molecule has 0 saturated carbocycles. The van der Waals surface area contributed by atoms with Crippen LogP contribution in [0.4, 0.5) is 0 Å². The van der Waals surface area contributed by atoms with Crippen molar-refractivity contribution >= 4 is 0 Å². The number of hydrogen-bond acceptors (Lipinski definition) is 3. The number of phenolic OH excluding ortho intramolecular Hbond substituents is 3. The maximum atomic E-state index is 10.6. The number of benzene rings is 4. The molecule has 0 fully saturated rings.